The maximum Gasteiger partial charge on any atom is 0.321 e. The van der Waals surface area contributed by atoms with E-state index in [1.165, 1.54) is 0 Å². The largest absolute Gasteiger partial charge is 0.497 e. The van der Waals surface area contributed by atoms with Crippen LogP contribution in [0.3, 0.4) is 0 Å². The molecule has 3 aromatic carbocycles. The van der Waals surface area contributed by atoms with Gasteiger partial charge in [0.1, 0.15) is 11.6 Å². The van der Waals surface area contributed by atoms with Gasteiger partial charge in [-0.2, -0.15) is 0 Å². The third kappa shape index (κ3) is 5.34. The smallest absolute Gasteiger partial charge is 0.321 e. The number of nitrogens with zero attached hydrogens (tertiary/aromatic N) is 4. The number of ether oxygens (including phenoxy) is 1. The molecule has 8 nitrogen and oxygen atoms in total. The number of nitrogens with one attached hydrogen (secondary N) is 1. The molecule has 190 valence electrons. The van der Waals surface area contributed by atoms with Crippen LogP contribution in [0.4, 0.5) is 10.5 Å². The Labute approximate surface area is 216 Å². The Bertz CT molecular complexity index is 1430. The average molecular weight is 498 g/mol. The number of amides is 2. The zero-order valence-corrected chi connectivity index (χ0v) is 21.1. The SMILES string of the molecule is COc1ccc(NC(=O)N2CCN(C(C)c3nc4ccccc4c(=O)n3Cc3ccccc3)CC2)cc1. The number of hydrogen-bond acceptors (Lipinski definition) is 5. The molecule has 0 spiro atoms. The molecular weight excluding hydrogens is 466 g/mol. The van der Waals surface area contributed by atoms with Crippen molar-refractivity contribution in [2.75, 3.05) is 38.6 Å². The number of urea groups is 1. The van der Waals surface area contributed by atoms with Gasteiger partial charge in [0.25, 0.3) is 5.56 Å². The third-order valence-corrected chi connectivity index (χ3v) is 6.94. The van der Waals surface area contributed by atoms with Crippen molar-refractivity contribution in [3.8, 4) is 5.75 Å². The first-order valence-corrected chi connectivity index (χ1v) is 12.5. The van der Waals surface area contributed by atoms with Crippen molar-refractivity contribution in [2.45, 2.75) is 19.5 Å². The summed E-state index contributed by atoms with van der Waals surface area (Å²) in [6.45, 7) is 5.09. The summed E-state index contributed by atoms with van der Waals surface area (Å²) in [4.78, 5) is 35.4. The second-order valence-electron chi connectivity index (χ2n) is 9.22. The maximum absolute atomic E-state index is 13.5. The number of anilines is 1. The molecule has 1 aromatic heterocycles. The van der Waals surface area contributed by atoms with Crippen molar-refractivity contribution in [3.63, 3.8) is 0 Å². The third-order valence-electron chi connectivity index (χ3n) is 6.94. The lowest BCUT2D eigenvalue weighted by Crippen LogP contribution is -2.51. The van der Waals surface area contributed by atoms with E-state index in [4.69, 9.17) is 9.72 Å². The number of methoxy groups -OCH3 is 1. The summed E-state index contributed by atoms with van der Waals surface area (Å²) >= 11 is 0. The van der Waals surface area contributed by atoms with Gasteiger partial charge >= 0.3 is 6.03 Å². The first kappa shape index (κ1) is 24.5. The summed E-state index contributed by atoms with van der Waals surface area (Å²) in [7, 11) is 1.61. The second-order valence-corrected chi connectivity index (χ2v) is 9.22. The van der Waals surface area contributed by atoms with Crippen LogP contribution in [0.15, 0.2) is 83.7 Å². The lowest BCUT2D eigenvalue weighted by molar-refractivity contribution is 0.114. The zero-order chi connectivity index (χ0) is 25.8. The highest BCUT2D eigenvalue weighted by Crippen LogP contribution is 2.23. The molecule has 2 amide bonds. The normalized spacial score (nSPS) is 14.9. The quantitative estimate of drug-likeness (QED) is 0.428. The van der Waals surface area contributed by atoms with Crippen molar-refractivity contribution >= 4 is 22.6 Å². The molecule has 2 heterocycles. The van der Waals surface area contributed by atoms with Gasteiger partial charge in [0.15, 0.2) is 0 Å². The molecule has 1 atom stereocenters. The van der Waals surface area contributed by atoms with Crippen molar-refractivity contribution in [1.29, 1.82) is 0 Å². The highest BCUT2D eigenvalue weighted by molar-refractivity contribution is 5.89. The fraction of sp³-hybridized carbons (Fsp3) is 0.276. The van der Waals surface area contributed by atoms with Crippen LogP contribution in [-0.4, -0.2) is 58.7 Å². The molecule has 0 radical (unpaired) electrons. The Morgan fingerprint density at radius 1 is 0.946 bits per heavy atom. The molecule has 0 saturated carbocycles. The van der Waals surface area contributed by atoms with Gasteiger partial charge < -0.3 is 15.0 Å². The molecular formula is C29H31N5O3. The van der Waals surface area contributed by atoms with E-state index < -0.39 is 0 Å². The van der Waals surface area contributed by atoms with E-state index in [1.807, 2.05) is 83.8 Å². The number of benzene rings is 3. The minimum absolute atomic E-state index is 0.0335. The van der Waals surface area contributed by atoms with Crippen LogP contribution in [0.25, 0.3) is 10.9 Å². The Balaban J connectivity index is 1.33. The molecule has 1 aliphatic rings. The lowest BCUT2D eigenvalue weighted by Gasteiger charge is -2.38. The maximum atomic E-state index is 13.5. The Morgan fingerprint density at radius 3 is 2.32 bits per heavy atom. The van der Waals surface area contributed by atoms with Gasteiger partial charge in [0.05, 0.1) is 30.6 Å². The van der Waals surface area contributed by atoms with Crippen LogP contribution < -0.4 is 15.6 Å². The summed E-state index contributed by atoms with van der Waals surface area (Å²) in [5.74, 6) is 1.48. The van der Waals surface area contributed by atoms with Crippen LogP contribution in [0.2, 0.25) is 0 Å². The van der Waals surface area contributed by atoms with Gasteiger partial charge in [-0.25, -0.2) is 9.78 Å². The Morgan fingerprint density at radius 2 is 1.62 bits per heavy atom. The van der Waals surface area contributed by atoms with Crippen molar-refractivity contribution in [1.82, 2.24) is 19.4 Å². The number of para-hydroxylation sites is 1. The summed E-state index contributed by atoms with van der Waals surface area (Å²) in [5.41, 5.74) is 2.45. The minimum Gasteiger partial charge on any atom is -0.497 e. The number of piperazine rings is 1. The monoisotopic (exact) mass is 497 g/mol. The molecule has 4 aromatic rings. The van der Waals surface area contributed by atoms with Crippen LogP contribution in [0.5, 0.6) is 5.75 Å². The first-order valence-electron chi connectivity index (χ1n) is 12.5. The number of aromatic nitrogens is 2. The topological polar surface area (TPSA) is 79.7 Å². The van der Waals surface area contributed by atoms with Crippen LogP contribution in [0, 0.1) is 0 Å². The molecule has 5 rings (SSSR count). The van der Waals surface area contributed by atoms with Crippen LogP contribution in [-0.2, 0) is 6.54 Å². The highest BCUT2D eigenvalue weighted by Gasteiger charge is 2.28. The van der Waals surface area contributed by atoms with E-state index in [1.54, 1.807) is 11.7 Å². The van der Waals surface area contributed by atoms with Gasteiger partial charge in [-0.05, 0) is 48.9 Å². The number of carbonyl (C=O) groups excluding carboxylic acids is 1. The first-order chi connectivity index (χ1) is 18.0. The fourth-order valence-electron chi connectivity index (χ4n) is 4.78. The summed E-state index contributed by atoms with van der Waals surface area (Å²) in [6.07, 6.45) is 0. The minimum atomic E-state index is -0.123. The Kier molecular flexibility index (Phi) is 7.18. The molecule has 0 bridgehead atoms. The molecule has 1 saturated heterocycles. The zero-order valence-electron chi connectivity index (χ0n) is 21.1. The van der Waals surface area contributed by atoms with Crippen molar-refractivity contribution in [2.24, 2.45) is 0 Å². The van der Waals surface area contributed by atoms with Gasteiger partial charge in [0.2, 0.25) is 0 Å². The Hall–Kier alpha value is -4.17. The second kappa shape index (κ2) is 10.8. The fourth-order valence-corrected chi connectivity index (χ4v) is 4.78. The number of rotatable bonds is 6. The van der Waals surface area contributed by atoms with E-state index in [0.717, 1.165) is 22.8 Å². The van der Waals surface area contributed by atoms with E-state index >= 15 is 0 Å². The van der Waals surface area contributed by atoms with Crippen molar-refractivity contribution in [3.05, 3.63) is 101 Å². The predicted molar refractivity (Wildman–Crippen MR) is 145 cm³/mol. The molecule has 1 N–H and O–H groups in total. The molecule has 1 fully saturated rings. The highest BCUT2D eigenvalue weighted by atomic mass is 16.5. The molecule has 1 aliphatic heterocycles. The molecule has 37 heavy (non-hydrogen) atoms. The van der Waals surface area contributed by atoms with Gasteiger partial charge in [-0.3, -0.25) is 14.3 Å². The summed E-state index contributed by atoms with van der Waals surface area (Å²) in [6, 6.07) is 24.6. The summed E-state index contributed by atoms with van der Waals surface area (Å²) < 4.78 is 6.98. The van der Waals surface area contributed by atoms with E-state index in [2.05, 4.69) is 17.1 Å². The van der Waals surface area contributed by atoms with E-state index in [9.17, 15) is 9.59 Å². The number of fused-ring (bicyclic) bond motifs is 1. The van der Waals surface area contributed by atoms with Crippen LogP contribution in [0.1, 0.15) is 24.4 Å². The number of hydrogen-bond donors (Lipinski definition) is 1. The standard InChI is InChI=1S/C29H31N5O3/c1-21(32-16-18-33(19-17-32)29(36)30-23-12-14-24(37-2)15-13-23)27-31-26-11-7-6-10-25(26)28(35)34(27)20-22-8-4-3-5-9-22/h3-15,21H,16-20H2,1-2H3,(H,30,36). The van der Waals surface area contributed by atoms with E-state index in [0.29, 0.717) is 43.6 Å². The summed E-state index contributed by atoms with van der Waals surface area (Å²) in [5, 5.41) is 3.58. The predicted octanol–water partition coefficient (Wildman–Crippen LogP) is 4.36. The molecule has 0 aliphatic carbocycles. The van der Waals surface area contributed by atoms with Gasteiger partial charge in [-0.1, -0.05) is 42.5 Å². The van der Waals surface area contributed by atoms with Crippen molar-refractivity contribution < 1.29 is 9.53 Å². The average Bonchev–Trinajstić information content (AvgIpc) is 2.95. The molecule has 8 heteroatoms. The lowest BCUT2D eigenvalue weighted by atomic mass is 10.1. The number of carbonyl (C=O) groups is 1. The van der Waals surface area contributed by atoms with Crippen LogP contribution >= 0.6 is 0 Å². The van der Waals surface area contributed by atoms with E-state index in [-0.39, 0.29) is 17.6 Å². The molecule has 1 unspecified atom stereocenters. The van der Waals surface area contributed by atoms with Gasteiger partial charge in [0, 0.05) is 31.9 Å². The van der Waals surface area contributed by atoms with Gasteiger partial charge in [-0.15, -0.1) is 0 Å².